The summed E-state index contributed by atoms with van der Waals surface area (Å²) in [5, 5.41) is 3.41. The number of fused-ring (bicyclic) bond motifs is 1. The number of benzene rings is 1. The summed E-state index contributed by atoms with van der Waals surface area (Å²) >= 11 is 0. The van der Waals surface area contributed by atoms with Gasteiger partial charge in [-0.05, 0) is 30.5 Å². The Labute approximate surface area is 142 Å². The van der Waals surface area contributed by atoms with Crippen molar-refractivity contribution in [3.63, 3.8) is 0 Å². The quantitative estimate of drug-likeness (QED) is 0.645. The van der Waals surface area contributed by atoms with Gasteiger partial charge in [-0.15, -0.1) is 0 Å². The zero-order chi connectivity index (χ0) is 17.1. The van der Waals surface area contributed by atoms with Crippen molar-refractivity contribution in [3.05, 3.63) is 23.8 Å². The summed E-state index contributed by atoms with van der Waals surface area (Å²) in [6, 6.07) is 6.39. The van der Waals surface area contributed by atoms with Crippen LogP contribution in [-0.4, -0.2) is 62.2 Å². The Balaban J connectivity index is 1.67. The third kappa shape index (κ3) is 4.10. The molecule has 7 nitrogen and oxygen atoms in total. The largest absolute Gasteiger partial charge is 0.454 e. The molecule has 0 aromatic heterocycles. The van der Waals surface area contributed by atoms with Crippen molar-refractivity contribution in [1.29, 1.82) is 0 Å². The molecular weight excluding hydrogens is 308 g/mol. The van der Waals surface area contributed by atoms with Crippen LogP contribution in [0.1, 0.15) is 18.4 Å². The van der Waals surface area contributed by atoms with Crippen molar-refractivity contribution in [2.45, 2.75) is 25.4 Å². The van der Waals surface area contributed by atoms with Gasteiger partial charge in [-0.3, -0.25) is 4.79 Å². The zero-order valence-electron chi connectivity index (χ0n) is 14.4. The molecule has 1 aromatic carbocycles. The molecule has 1 N–H and O–H groups in total. The van der Waals surface area contributed by atoms with Crippen molar-refractivity contribution in [1.82, 2.24) is 15.1 Å². The Morgan fingerprint density at radius 3 is 2.71 bits per heavy atom. The SMILES string of the molecule is CN(C)C(=O)CN=C(NC1CC1)N(C)Cc1ccc2c(c1)OCO2. The van der Waals surface area contributed by atoms with E-state index in [1.165, 1.54) is 0 Å². The summed E-state index contributed by atoms with van der Waals surface area (Å²) in [6.07, 6.45) is 2.30. The molecule has 0 unspecified atom stereocenters. The molecule has 2 aliphatic rings. The number of rotatable bonds is 5. The smallest absolute Gasteiger partial charge is 0.243 e. The van der Waals surface area contributed by atoms with Crippen molar-refractivity contribution >= 4 is 11.9 Å². The van der Waals surface area contributed by atoms with Gasteiger partial charge < -0.3 is 24.6 Å². The van der Waals surface area contributed by atoms with Crippen molar-refractivity contribution in [3.8, 4) is 11.5 Å². The van der Waals surface area contributed by atoms with Gasteiger partial charge in [0.25, 0.3) is 0 Å². The monoisotopic (exact) mass is 332 g/mol. The molecule has 1 aliphatic carbocycles. The Morgan fingerprint density at radius 2 is 2.00 bits per heavy atom. The average Bonchev–Trinajstić information content (AvgIpc) is 3.25. The number of nitrogens with one attached hydrogen (secondary N) is 1. The van der Waals surface area contributed by atoms with Crippen LogP contribution < -0.4 is 14.8 Å². The fourth-order valence-corrected chi connectivity index (χ4v) is 2.36. The second kappa shape index (κ2) is 6.98. The predicted octanol–water partition coefficient (Wildman–Crippen LogP) is 1.04. The lowest BCUT2D eigenvalue weighted by atomic mass is 10.2. The van der Waals surface area contributed by atoms with Crippen LogP contribution in [0, 0.1) is 0 Å². The number of carbonyl (C=O) groups is 1. The highest BCUT2D eigenvalue weighted by molar-refractivity contribution is 5.85. The lowest BCUT2D eigenvalue weighted by molar-refractivity contribution is -0.127. The molecule has 0 bridgehead atoms. The summed E-state index contributed by atoms with van der Waals surface area (Å²) in [4.78, 5) is 19.9. The lowest BCUT2D eigenvalue weighted by Crippen LogP contribution is -2.40. The second-order valence-electron chi connectivity index (χ2n) is 6.39. The van der Waals surface area contributed by atoms with E-state index in [0.717, 1.165) is 35.9 Å². The van der Waals surface area contributed by atoms with Gasteiger partial charge >= 0.3 is 0 Å². The summed E-state index contributed by atoms with van der Waals surface area (Å²) in [5.74, 6) is 2.30. The molecule has 130 valence electrons. The normalized spacial score (nSPS) is 16.0. The van der Waals surface area contributed by atoms with E-state index in [4.69, 9.17) is 9.47 Å². The van der Waals surface area contributed by atoms with Gasteiger partial charge in [-0.2, -0.15) is 0 Å². The van der Waals surface area contributed by atoms with Crippen LogP contribution in [-0.2, 0) is 11.3 Å². The minimum absolute atomic E-state index is 0.0124. The predicted molar refractivity (Wildman–Crippen MR) is 91.2 cm³/mol. The molecule has 0 radical (unpaired) electrons. The molecule has 1 aromatic rings. The highest BCUT2D eigenvalue weighted by Crippen LogP contribution is 2.32. The number of nitrogens with zero attached hydrogens (tertiary/aromatic N) is 3. The maximum absolute atomic E-state index is 11.8. The fraction of sp³-hybridized carbons (Fsp3) is 0.529. The molecule has 3 rings (SSSR count). The molecule has 1 amide bonds. The van der Waals surface area contributed by atoms with E-state index in [-0.39, 0.29) is 19.2 Å². The van der Waals surface area contributed by atoms with Gasteiger partial charge in [0.2, 0.25) is 12.7 Å². The third-order valence-corrected chi connectivity index (χ3v) is 3.99. The molecule has 1 fully saturated rings. The van der Waals surface area contributed by atoms with Gasteiger partial charge in [-0.25, -0.2) is 4.99 Å². The Kier molecular flexibility index (Phi) is 4.78. The van der Waals surface area contributed by atoms with Crippen molar-refractivity contribution < 1.29 is 14.3 Å². The van der Waals surface area contributed by atoms with E-state index >= 15 is 0 Å². The lowest BCUT2D eigenvalue weighted by Gasteiger charge is -2.23. The average molecular weight is 332 g/mol. The van der Waals surface area contributed by atoms with E-state index in [1.807, 2.05) is 30.1 Å². The first-order chi connectivity index (χ1) is 11.5. The molecule has 1 saturated carbocycles. The maximum atomic E-state index is 11.8. The number of guanidine groups is 1. The van der Waals surface area contributed by atoms with E-state index in [0.29, 0.717) is 12.6 Å². The topological polar surface area (TPSA) is 66.4 Å². The van der Waals surface area contributed by atoms with E-state index in [1.54, 1.807) is 19.0 Å². The number of hydrogen-bond acceptors (Lipinski definition) is 4. The summed E-state index contributed by atoms with van der Waals surface area (Å²) in [6.45, 7) is 1.09. The van der Waals surface area contributed by atoms with E-state index in [9.17, 15) is 4.79 Å². The van der Waals surface area contributed by atoms with Crippen LogP contribution in [0.15, 0.2) is 23.2 Å². The van der Waals surface area contributed by atoms with Crippen LogP contribution in [0.4, 0.5) is 0 Å². The van der Waals surface area contributed by atoms with Crippen molar-refractivity contribution in [2.24, 2.45) is 4.99 Å². The second-order valence-corrected chi connectivity index (χ2v) is 6.39. The third-order valence-electron chi connectivity index (χ3n) is 3.99. The maximum Gasteiger partial charge on any atom is 0.243 e. The molecule has 24 heavy (non-hydrogen) atoms. The minimum Gasteiger partial charge on any atom is -0.454 e. The highest BCUT2D eigenvalue weighted by atomic mass is 16.7. The van der Waals surface area contributed by atoms with Crippen LogP contribution in [0.3, 0.4) is 0 Å². The number of carbonyl (C=O) groups excluding carboxylic acids is 1. The summed E-state index contributed by atoms with van der Waals surface area (Å²) in [7, 11) is 5.45. The Morgan fingerprint density at radius 1 is 1.25 bits per heavy atom. The fourth-order valence-electron chi connectivity index (χ4n) is 2.36. The van der Waals surface area contributed by atoms with Gasteiger partial charge in [0.15, 0.2) is 17.5 Å². The molecule has 1 aliphatic heterocycles. The number of likely N-dealkylation sites (N-methyl/N-ethyl adjacent to an activating group) is 1. The van der Waals surface area contributed by atoms with Gasteiger partial charge in [-0.1, -0.05) is 6.07 Å². The standard InChI is InChI=1S/C17H24N4O3/c1-20(2)16(22)9-18-17(19-13-5-6-13)21(3)10-12-4-7-14-15(8-12)24-11-23-14/h4,7-8,13H,5-6,9-11H2,1-3H3,(H,18,19). The van der Waals surface area contributed by atoms with Gasteiger partial charge in [0.1, 0.15) is 6.54 Å². The van der Waals surface area contributed by atoms with Crippen LogP contribution >= 0.6 is 0 Å². The van der Waals surface area contributed by atoms with Crippen molar-refractivity contribution in [2.75, 3.05) is 34.5 Å². The van der Waals surface area contributed by atoms with Crippen LogP contribution in [0.25, 0.3) is 0 Å². The van der Waals surface area contributed by atoms with E-state index < -0.39 is 0 Å². The molecule has 0 atom stereocenters. The van der Waals surface area contributed by atoms with Gasteiger partial charge in [0.05, 0.1) is 0 Å². The molecule has 0 spiro atoms. The number of hydrogen-bond donors (Lipinski definition) is 1. The minimum atomic E-state index is -0.0124. The van der Waals surface area contributed by atoms with E-state index in [2.05, 4.69) is 10.3 Å². The molecule has 0 saturated heterocycles. The first-order valence-corrected chi connectivity index (χ1v) is 8.13. The number of amides is 1. The first kappa shape index (κ1) is 16.4. The Hall–Kier alpha value is -2.44. The molecule has 1 heterocycles. The number of aliphatic imine (C=N–C) groups is 1. The summed E-state index contributed by atoms with van der Waals surface area (Å²) < 4.78 is 10.8. The first-order valence-electron chi connectivity index (χ1n) is 8.13. The highest BCUT2D eigenvalue weighted by Gasteiger charge is 2.24. The van der Waals surface area contributed by atoms with Crippen LogP contribution in [0.2, 0.25) is 0 Å². The zero-order valence-corrected chi connectivity index (χ0v) is 14.4. The van der Waals surface area contributed by atoms with Gasteiger partial charge in [0, 0.05) is 33.7 Å². The Bertz CT molecular complexity index is 641. The molecular formula is C17H24N4O3. The summed E-state index contributed by atoms with van der Waals surface area (Å²) in [5.41, 5.74) is 1.10. The number of ether oxygens (including phenoxy) is 2. The molecule has 7 heteroatoms. The van der Waals surface area contributed by atoms with Crippen LogP contribution in [0.5, 0.6) is 11.5 Å².